The summed E-state index contributed by atoms with van der Waals surface area (Å²) in [4.78, 5) is 43.8. The number of H-pyrrole nitrogens is 1. The number of nitrogens with zero attached hydrogens (tertiary/aromatic N) is 1. The third-order valence-corrected chi connectivity index (χ3v) is 4.97. The molecular formula is C22H19BrN4O5. The van der Waals surface area contributed by atoms with E-state index in [1.807, 2.05) is 0 Å². The molecule has 0 spiro atoms. The number of aromatic amines is 1. The van der Waals surface area contributed by atoms with E-state index in [4.69, 9.17) is 4.74 Å². The van der Waals surface area contributed by atoms with Crippen LogP contribution >= 0.6 is 15.9 Å². The van der Waals surface area contributed by atoms with Crippen molar-refractivity contribution in [1.82, 2.24) is 20.6 Å². The number of amides is 2. The first-order valence-electron chi connectivity index (χ1n) is 9.32. The van der Waals surface area contributed by atoms with E-state index >= 15 is 0 Å². The molecule has 0 radical (unpaired) electrons. The second kappa shape index (κ2) is 10.4. The number of imidazole rings is 1. The highest BCUT2D eigenvalue weighted by Crippen LogP contribution is 2.20. The molecule has 0 fully saturated rings. The Kier molecular flexibility index (Phi) is 7.40. The highest BCUT2D eigenvalue weighted by atomic mass is 79.9. The van der Waals surface area contributed by atoms with Gasteiger partial charge in [0, 0.05) is 16.6 Å². The minimum atomic E-state index is -0.730. The Morgan fingerprint density at radius 2 is 2.00 bits per heavy atom. The van der Waals surface area contributed by atoms with E-state index in [-0.39, 0.29) is 29.5 Å². The lowest BCUT2D eigenvalue weighted by molar-refractivity contribution is -0.136. The molecule has 0 unspecified atom stereocenters. The van der Waals surface area contributed by atoms with Gasteiger partial charge in [-0.2, -0.15) is 0 Å². The number of rotatable bonds is 7. The third-order valence-electron chi connectivity index (χ3n) is 4.31. The van der Waals surface area contributed by atoms with Crippen molar-refractivity contribution in [2.75, 3.05) is 7.11 Å². The number of carbonyl (C=O) groups excluding carboxylic acids is 3. The Balaban J connectivity index is 1.71. The van der Waals surface area contributed by atoms with Crippen LogP contribution in [-0.2, 0) is 16.1 Å². The van der Waals surface area contributed by atoms with E-state index in [1.165, 1.54) is 43.9 Å². The van der Waals surface area contributed by atoms with Gasteiger partial charge in [-0.05, 0) is 57.9 Å². The zero-order valence-electron chi connectivity index (χ0n) is 16.9. The lowest BCUT2D eigenvalue weighted by Crippen LogP contribution is -2.28. The SMILES string of the molecule is COC(=O)/C(=C/c1cnc[nH]1)NC(=O)c1ccc(C(=O)NCc2cccc(O)c2)cc1Br. The van der Waals surface area contributed by atoms with Crippen LogP contribution in [0.15, 0.2) is 65.2 Å². The molecule has 164 valence electrons. The van der Waals surface area contributed by atoms with Crippen LogP contribution in [0.25, 0.3) is 6.08 Å². The summed E-state index contributed by atoms with van der Waals surface area (Å²) in [7, 11) is 1.20. The molecule has 0 aliphatic carbocycles. The van der Waals surface area contributed by atoms with Crippen LogP contribution in [-0.4, -0.2) is 40.0 Å². The molecule has 1 heterocycles. The van der Waals surface area contributed by atoms with E-state index in [1.54, 1.807) is 24.3 Å². The quantitative estimate of drug-likeness (QED) is 0.292. The van der Waals surface area contributed by atoms with Gasteiger partial charge in [-0.25, -0.2) is 9.78 Å². The van der Waals surface area contributed by atoms with Gasteiger partial charge in [-0.1, -0.05) is 12.1 Å². The molecule has 2 aromatic carbocycles. The Morgan fingerprint density at radius 1 is 1.19 bits per heavy atom. The highest BCUT2D eigenvalue weighted by molar-refractivity contribution is 9.10. The number of esters is 1. The first kappa shape index (κ1) is 22.8. The summed E-state index contributed by atoms with van der Waals surface area (Å²) in [5.74, 6) is -1.54. The highest BCUT2D eigenvalue weighted by Gasteiger charge is 2.18. The molecule has 3 rings (SSSR count). The average molecular weight is 499 g/mol. The van der Waals surface area contributed by atoms with Crippen LogP contribution in [0, 0.1) is 0 Å². The monoisotopic (exact) mass is 498 g/mol. The molecule has 0 atom stereocenters. The maximum atomic E-state index is 12.7. The number of ether oxygens (including phenoxy) is 1. The minimum Gasteiger partial charge on any atom is -0.508 e. The van der Waals surface area contributed by atoms with E-state index in [0.717, 1.165) is 5.56 Å². The zero-order valence-corrected chi connectivity index (χ0v) is 18.5. The molecule has 0 aliphatic rings. The van der Waals surface area contributed by atoms with Gasteiger partial charge < -0.3 is 25.5 Å². The number of methoxy groups -OCH3 is 1. The van der Waals surface area contributed by atoms with Crippen molar-refractivity contribution in [3.63, 3.8) is 0 Å². The van der Waals surface area contributed by atoms with Crippen LogP contribution in [0.5, 0.6) is 5.75 Å². The Hall–Kier alpha value is -3.92. The molecule has 4 N–H and O–H groups in total. The van der Waals surface area contributed by atoms with Crippen LogP contribution in [0.1, 0.15) is 32.0 Å². The van der Waals surface area contributed by atoms with Crippen molar-refractivity contribution >= 4 is 39.8 Å². The lowest BCUT2D eigenvalue weighted by atomic mass is 10.1. The molecule has 2 amide bonds. The second-order valence-electron chi connectivity index (χ2n) is 6.56. The molecule has 0 saturated carbocycles. The summed E-state index contributed by atoms with van der Waals surface area (Å²) >= 11 is 3.30. The standard InChI is InChI=1S/C22H19BrN4O5/c1-32-22(31)19(9-15-11-24-12-26-15)27-21(30)17-6-5-14(8-18(17)23)20(29)25-10-13-3-2-4-16(28)7-13/h2-9,11-12,28H,10H2,1H3,(H,24,26)(H,25,29)(H,27,30)/b19-9-. The fourth-order valence-electron chi connectivity index (χ4n) is 2.74. The largest absolute Gasteiger partial charge is 0.508 e. The van der Waals surface area contributed by atoms with Crippen LogP contribution in [0.3, 0.4) is 0 Å². The van der Waals surface area contributed by atoms with Gasteiger partial charge in [-0.3, -0.25) is 9.59 Å². The summed E-state index contributed by atoms with van der Waals surface area (Å²) in [6.07, 6.45) is 4.31. The number of hydrogen-bond donors (Lipinski definition) is 4. The molecule has 0 saturated heterocycles. The summed E-state index contributed by atoms with van der Waals surface area (Å²) in [5.41, 5.74) is 1.71. The molecule has 0 aliphatic heterocycles. The summed E-state index contributed by atoms with van der Waals surface area (Å²) in [5, 5.41) is 14.8. The van der Waals surface area contributed by atoms with Gasteiger partial charge in [0.05, 0.1) is 30.9 Å². The van der Waals surface area contributed by atoms with Crippen molar-refractivity contribution in [2.24, 2.45) is 0 Å². The van der Waals surface area contributed by atoms with Gasteiger partial charge in [0.15, 0.2) is 0 Å². The van der Waals surface area contributed by atoms with Gasteiger partial charge in [-0.15, -0.1) is 0 Å². The van der Waals surface area contributed by atoms with Gasteiger partial charge in [0.25, 0.3) is 11.8 Å². The Labute approximate surface area is 191 Å². The van der Waals surface area contributed by atoms with Crippen molar-refractivity contribution < 1.29 is 24.2 Å². The number of carbonyl (C=O) groups is 3. The summed E-state index contributed by atoms with van der Waals surface area (Å²) in [6.45, 7) is 0.230. The van der Waals surface area contributed by atoms with E-state index < -0.39 is 11.9 Å². The smallest absolute Gasteiger partial charge is 0.354 e. The first-order chi connectivity index (χ1) is 15.4. The Bertz CT molecular complexity index is 1170. The number of aromatic nitrogens is 2. The summed E-state index contributed by atoms with van der Waals surface area (Å²) < 4.78 is 5.08. The molecule has 9 nitrogen and oxygen atoms in total. The van der Waals surface area contributed by atoms with E-state index in [2.05, 4.69) is 36.5 Å². The van der Waals surface area contributed by atoms with Gasteiger partial charge in [0.2, 0.25) is 0 Å². The number of halogens is 1. The lowest BCUT2D eigenvalue weighted by Gasteiger charge is -2.11. The average Bonchev–Trinajstić information content (AvgIpc) is 3.29. The number of phenolic OH excluding ortho intramolecular Hbond substituents is 1. The predicted molar refractivity (Wildman–Crippen MR) is 119 cm³/mol. The molecule has 3 aromatic rings. The van der Waals surface area contributed by atoms with E-state index in [9.17, 15) is 19.5 Å². The number of benzene rings is 2. The molecule has 1 aromatic heterocycles. The third kappa shape index (κ3) is 5.82. The van der Waals surface area contributed by atoms with Crippen molar-refractivity contribution in [3.8, 4) is 5.75 Å². The normalized spacial score (nSPS) is 11.0. The maximum absolute atomic E-state index is 12.7. The van der Waals surface area contributed by atoms with Crippen molar-refractivity contribution in [3.05, 3.63) is 87.5 Å². The first-order valence-corrected chi connectivity index (χ1v) is 10.1. The Morgan fingerprint density at radius 3 is 2.66 bits per heavy atom. The molecule has 0 bridgehead atoms. The summed E-state index contributed by atoms with van der Waals surface area (Å²) in [6, 6.07) is 11.0. The molecule has 10 heteroatoms. The molecule has 32 heavy (non-hydrogen) atoms. The van der Waals surface area contributed by atoms with Crippen LogP contribution in [0.4, 0.5) is 0 Å². The maximum Gasteiger partial charge on any atom is 0.354 e. The van der Waals surface area contributed by atoms with Crippen molar-refractivity contribution in [1.29, 1.82) is 0 Å². The van der Waals surface area contributed by atoms with Gasteiger partial charge >= 0.3 is 5.97 Å². The topological polar surface area (TPSA) is 133 Å². The van der Waals surface area contributed by atoms with Crippen LogP contribution in [0.2, 0.25) is 0 Å². The minimum absolute atomic E-state index is 0.0819. The van der Waals surface area contributed by atoms with Gasteiger partial charge in [0.1, 0.15) is 11.4 Å². The second-order valence-corrected chi connectivity index (χ2v) is 7.41. The zero-order chi connectivity index (χ0) is 23.1. The number of aromatic hydroxyl groups is 1. The fraction of sp³-hybridized carbons (Fsp3) is 0.0909. The number of nitrogens with one attached hydrogen (secondary N) is 3. The predicted octanol–water partition coefficient (Wildman–Crippen LogP) is 2.75. The fourth-order valence-corrected chi connectivity index (χ4v) is 3.30. The van der Waals surface area contributed by atoms with E-state index in [0.29, 0.717) is 15.7 Å². The van der Waals surface area contributed by atoms with Crippen molar-refractivity contribution in [2.45, 2.75) is 6.54 Å². The number of hydrogen-bond acceptors (Lipinski definition) is 6. The number of phenols is 1. The van der Waals surface area contributed by atoms with Crippen LogP contribution < -0.4 is 10.6 Å². The molecular weight excluding hydrogens is 480 g/mol.